The minimum Gasteiger partial charge on any atom is -0.288 e. The Labute approximate surface area is 62.4 Å². The van der Waals surface area contributed by atoms with E-state index < -0.39 is 0 Å². The number of likely N-dealkylation sites (tertiary alicyclic amines) is 1. The molecule has 0 aromatic rings. The molecule has 1 atom stereocenters. The lowest BCUT2D eigenvalue weighted by molar-refractivity contribution is 0.295. The van der Waals surface area contributed by atoms with Gasteiger partial charge in [-0.15, -0.1) is 0 Å². The Morgan fingerprint density at radius 2 is 2.50 bits per heavy atom. The molecule has 0 saturated carbocycles. The van der Waals surface area contributed by atoms with Crippen molar-refractivity contribution in [2.45, 2.75) is 32.2 Å². The average Bonchev–Trinajstić information content (AvgIpc) is 2.36. The Bertz CT molecular complexity index is 137. The van der Waals surface area contributed by atoms with E-state index in [0.29, 0.717) is 0 Å². The maximum Gasteiger partial charge on any atom is 0.0978 e. The highest BCUT2D eigenvalue weighted by molar-refractivity contribution is 4.95. The highest BCUT2D eigenvalue weighted by atomic mass is 15.2. The molecule has 2 nitrogen and oxygen atoms in total. The van der Waals surface area contributed by atoms with Crippen molar-refractivity contribution in [1.29, 1.82) is 5.26 Å². The van der Waals surface area contributed by atoms with Crippen molar-refractivity contribution < 1.29 is 0 Å². The van der Waals surface area contributed by atoms with Crippen molar-refractivity contribution in [3.8, 4) is 6.07 Å². The van der Waals surface area contributed by atoms with E-state index in [1.54, 1.807) is 0 Å². The van der Waals surface area contributed by atoms with Gasteiger partial charge in [0.15, 0.2) is 0 Å². The van der Waals surface area contributed by atoms with Gasteiger partial charge in [0, 0.05) is 0 Å². The summed E-state index contributed by atoms with van der Waals surface area (Å²) in [5, 5.41) is 8.67. The van der Waals surface area contributed by atoms with Crippen molar-refractivity contribution in [3.05, 3.63) is 0 Å². The minimum atomic E-state index is 0.222. The Morgan fingerprint density at radius 3 is 3.10 bits per heavy atom. The van der Waals surface area contributed by atoms with Crippen molar-refractivity contribution >= 4 is 0 Å². The Morgan fingerprint density at radius 1 is 1.70 bits per heavy atom. The number of nitrogens with zero attached hydrogens (tertiary/aromatic N) is 2. The number of rotatable bonds is 2. The van der Waals surface area contributed by atoms with Gasteiger partial charge < -0.3 is 0 Å². The van der Waals surface area contributed by atoms with Crippen LogP contribution in [0.5, 0.6) is 0 Å². The molecule has 10 heavy (non-hydrogen) atoms. The summed E-state index contributed by atoms with van der Waals surface area (Å²) in [6.45, 7) is 4.39. The molecule has 0 aromatic heterocycles. The largest absolute Gasteiger partial charge is 0.288 e. The Hall–Kier alpha value is -0.550. The summed E-state index contributed by atoms with van der Waals surface area (Å²) in [7, 11) is 0. The van der Waals surface area contributed by atoms with Crippen LogP contribution in [0.1, 0.15) is 26.2 Å². The summed E-state index contributed by atoms with van der Waals surface area (Å²) in [5.74, 6) is 0. The fraction of sp³-hybridized carbons (Fsp3) is 0.875. The number of hydrogen-bond acceptors (Lipinski definition) is 2. The van der Waals surface area contributed by atoms with E-state index in [4.69, 9.17) is 5.26 Å². The van der Waals surface area contributed by atoms with Crippen LogP contribution in [0.3, 0.4) is 0 Å². The van der Waals surface area contributed by atoms with Gasteiger partial charge in [0.25, 0.3) is 0 Å². The second kappa shape index (κ2) is 3.58. The van der Waals surface area contributed by atoms with Crippen molar-refractivity contribution in [2.75, 3.05) is 13.1 Å². The topological polar surface area (TPSA) is 27.0 Å². The first-order chi connectivity index (χ1) is 4.88. The highest BCUT2D eigenvalue weighted by Gasteiger charge is 2.22. The first-order valence-corrected chi connectivity index (χ1v) is 4.02. The predicted molar refractivity (Wildman–Crippen MR) is 40.5 cm³/mol. The molecule has 0 radical (unpaired) electrons. The van der Waals surface area contributed by atoms with E-state index in [2.05, 4.69) is 17.9 Å². The zero-order valence-electron chi connectivity index (χ0n) is 6.51. The van der Waals surface area contributed by atoms with Gasteiger partial charge in [-0.2, -0.15) is 5.26 Å². The third-order valence-electron chi connectivity index (χ3n) is 2.02. The molecular weight excluding hydrogens is 124 g/mol. The molecule has 1 aliphatic heterocycles. The first-order valence-electron chi connectivity index (χ1n) is 4.02. The summed E-state index contributed by atoms with van der Waals surface area (Å²) in [5.41, 5.74) is 0. The Kier molecular flexibility index (Phi) is 2.70. The molecule has 0 bridgehead atoms. The molecule has 0 amide bonds. The van der Waals surface area contributed by atoms with Crippen molar-refractivity contribution in [3.63, 3.8) is 0 Å². The van der Waals surface area contributed by atoms with Gasteiger partial charge in [-0.1, -0.05) is 6.92 Å². The van der Waals surface area contributed by atoms with E-state index in [0.717, 1.165) is 25.9 Å². The quantitative estimate of drug-likeness (QED) is 0.576. The van der Waals surface area contributed by atoms with Crippen molar-refractivity contribution in [2.24, 2.45) is 0 Å². The summed E-state index contributed by atoms with van der Waals surface area (Å²) in [4.78, 5) is 2.28. The van der Waals surface area contributed by atoms with E-state index in [9.17, 15) is 0 Å². The van der Waals surface area contributed by atoms with Gasteiger partial charge in [0.2, 0.25) is 0 Å². The molecule has 0 aromatic carbocycles. The van der Waals surface area contributed by atoms with Gasteiger partial charge >= 0.3 is 0 Å². The molecule has 1 heterocycles. The second-order valence-electron chi connectivity index (χ2n) is 2.82. The molecule has 1 rings (SSSR count). The zero-order chi connectivity index (χ0) is 7.40. The van der Waals surface area contributed by atoms with Gasteiger partial charge in [-0.3, -0.25) is 4.90 Å². The van der Waals surface area contributed by atoms with Crippen LogP contribution in [0.2, 0.25) is 0 Å². The molecule has 0 N–H and O–H groups in total. The third kappa shape index (κ3) is 1.48. The monoisotopic (exact) mass is 138 g/mol. The lowest BCUT2D eigenvalue weighted by atomic mass is 10.2. The molecule has 1 unspecified atom stereocenters. The van der Waals surface area contributed by atoms with Gasteiger partial charge in [0.05, 0.1) is 12.1 Å². The van der Waals surface area contributed by atoms with E-state index in [1.165, 1.54) is 6.42 Å². The highest BCUT2D eigenvalue weighted by Crippen LogP contribution is 2.15. The lowest BCUT2D eigenvalue weighted by Gasteiger charge is -2.16. The molecule has 2 heteroatoms. The van der Waals surface area contributed by atoms with Crippen LogP contribution in [-0.2, 0) is 0 Å². The lowest BCUT2D eigenvalue weighted by Crippen LogP contribution is -2.28. The maximum absolute atomic E-state index is 8.67. The molecule has 0 spiro atoms. The molecule has 1 aliphatic rings. The van der Waals surface area contributed by atoms with Crippen molar-refractivity contribution in [1.82, 2.24) is 4.90 Å². The molecule has 1 saturated heterocycles. The van der Waals surface area contributed by atoms with Crippen LogP contribution < -0.4 is 0 Å². The van der Waals surface area contributed by atoms with Crippen LogP contribution in [0.25, 0.3) is 0 Å². The summed E-state index contributed by atoms with van der Waals surface area (Å²) in [6, 6.07) is 2.55. The zero-order valence-corrected chi connectivity index (χ0v) is 6.51. The fourth-order valence-electron chi connectivity index (χ4n) is 1.53. The van der Waals surface area contributed by atoms with Crippen LogP contribution in [0.4, 0.5) is 0 Å². The minimum absolute atomic E-state index is 0.222. The normalized spacial score (nSPS) is 26.6. The number of hydrogen-bond donors (Lipinski definition) is 0. The molecular formula is C8H14N2. The van der Waals surface area contributed by atoms with Crippen LogP contribution in [-0.4, -0.2) is 24.0 Å². The van der Waals surface area contributed by atoms with Gasteiger partial charge in [-0.05, 0) is 32.4 Å². The first kappa shape index (κ1) is 7.56. The van der Waals surface area contributed by atoms with Crippen LogP contribution in [0, 0.1) is 11.3 Å². The summed E-state index contributed by atoms with van der Waals surface area (Å²) in [6.07, 6.45) is 3.45. The van der Waals surface area contributed by atoms with E-state index in [-0.39, 0.29) is 6.04 Å². The summed E-state index contributed by atoms with van der Waals surface area (Å²) < 4.78 is 0. The predicted octanol–water partition coefficient (Wildman–Crippen LogP) is 1.38. The Balaban J connectivity index is 2.36. The summed E-state index contributed by atoms with van der Waals surface area (Å²) >= 11 is 0. The van der Waals surface area contributed by atoms with E-state index in [1.807, 2.05) is 0 Å². The van der Waals surface area contributed by atoms with Crippen LogP contribution in [0.15, 0.2) is 0 Å². The molecule has 56 valence electrons. The van der Waals surface area contributed by atoms with Gasteiger partial charge in [-0.25, -0.2) is 0 Å². The average molecular weight is 138 g/mol. The van der Waals surface area contributed by atoms with Crippen LogP contribution >= 0.6 is 0 Å². The molecule has 0 aliphatic carbocycles. The smallest absolute Gasteiger partial charge is 0.0978 e. The SMILES string of the molecule is CCCN1CCCC1C#N. The number of nitriles is 1. The second-order valence-corrected chi connectivity index (χ2v) is 2.82. The molecule has 1 fully saturated rings. The van der Waals surface area contributed by atoms with E-state index >= 15 is 0 Å². The third-order valence-corrected chi connectivity index (χ3v) is 2.02. The standard InChI is InChI=1S/C8H14N2/c1-2-5-10-6-3-4-8(10)7-9/h8H,2-6H2,1H3. The van der Waals surface area contributed by atoms with Gasteiger partial charge in [0.1, 0.15) is 0 Å². The fourth-order valence-corrected chi connectivity index (χ4v) is 1.53. The maximum atomic E-state index is 8.67.